The molecule has 0 aliphatic rings. The summed E-state index contributed by atoms with van der Waals surface area (Å²) in [6.07, 6.45) is 0. The van der Waals surface area contributed by atoms with E-state index in [-0.39, 0.29) is 17.7 Å². The predicted molar refractivity (Wildman–Crippen MR) is 40.0 cm³/mol. The van der Waals surface area contributed by atoms with E-state index in [1.54, 1.807) is 7.05 Å². The SMILES string of the molecule is C/C([O-])=N/c1on[n+](C)c1CCl. The number of rotatable bonds is 2. The maximum absolute atomic E-state index is 10.6. The van der Waals surface area contributed by atoms with Gasteiger partial charge in [-0.15, -0.1) is 11.6 Å². The van der Waals surface area contributed by atoms with E-state index < -0.39 is 0 Å². The number of halogens is 1. The van der Waals surface area contributed by atoms with Crippen LogP contribution < -0.4 is 9.79 Å². The Morgan fingerprint density at radius 2 is 2.50 bits per heavy atom. The molecule has 0 bridgehead atoms. The maximum Gasteiger partial charge on any atom is 0.325 e. The van der Waals surface area contributed by atoms with Crippen LogP contribution in [0.25, 0.3) is 0 Å². The number of aromatic nitrogens is 2. The normalized spacial score (nSPS) is 12.1. The van der Waals surface area contributed by atoms with Crippen molar-refractivity contribution < 1.29 is 14.3 Å². The summed E-state index contributed by atoms with van der Waals surface area (Å²) in [5.74, 6) is 0.0599. The number of alkyl halides is 1. The van der Waals surface area contributed by atoms with Crippen molar-refractivity contribution >= 4 is 23.4 Å². The van der Waals surface area contributed by atoms with Crippen molar-refractivity contribution in [3.8, 4) is 0 Å². The lowest BCUT2D eigenvalue weighted by Crippen LogP contribution is -2.33. The molecule has 0 fully saturated rings. The largest absolute Gasteiger partial charge is 0.862 e. The first-order valence-corrected chi connectivity index (χ1v) is 3.81. The highest BCUT2D eigenvalue weighted by atomic mass is 35.5. The van der Waals surface area contributed by atoms with Gasteiger partial charge in [-0.25, -0.2) is 4.99 Å². The average Bonchev–Trinajstić information content (AvgIpc) is 2.30. The summed E-state index contributed by atoms with van der Waals surface area (Å²) < 4.78 is 6.18. The van der Waals surface area contributed by atoms with E-state index >= 15 is 0 Å². The van der Waals surface area contributed by atoms with Crippen LogP contribution in [-0.2, 0) is 12.9 Å². The van der Waals surface area contributed by atoms with Crippen molar-refractivity contribution in [1.82, 2.24) is 5.27 Å². The summed E-state index contributed by atoms with van der Waals surface area (Å²) in [7, 11) is 1.67. The molecule has 0 saturated carbocycles. The lowest BCUT2D eigenvalue weighted by atomic mass is 10.5. The molecule has 0 aliphatic carbocycles. The minimum atomic E-state index is -0.335. The second-order valence-electron chi connectivity index (χ2n) is 2.21. The Morgan fingerprint density at radius 1 is 1.83 bits per heavy atom. The Balaban J connectivity index is 3.07. The van der Waals surface area contributed by atoms with Crippen molar-refractivity contribution in [3.63, 3.8) is 0 Å². The zero-order valence-electron chi connectivity index (χ0n) is 6.74. The van der Waals surface area contributed by atoms with Gasteiger partial charge in [0.15, 0.2) is 7.05 Å². The molecule has 0 radical (unpaired) electrons. The summed E-state index contributed by atoms with van der Waals surface area (Å²) in [6.45, 7) is 1.33. The zero-order valence-corrected chi connectivity index (χ0v) is 7.50. The number of nitrogens with zero attached hydrogens (tertiary/aromatic N) is 3. The number of hydrogen-bond acceptors (Lipinski definition) is 4. The van der Waals surface area contributed by atoms with Crippen molar-refractivity contribution in [2.24, 2.45) is 12.0 Å². The fourth-order valence-corrected chi connectivity index (χ4v) is 0.999. The van der Waals surface area contributed by atoms with Gasteiger partial charge in [0.2, 0.25) is 5.27 Å². The van der Waals surface area contributed by atoms with Gasteiger partial charge in [0.25, 0.3) is 5.69 Å². The van der Waals surface area contributed by atoms with Gasteiger partial charge < -0.3 is 5.11 Å². The Hall–Kier alpha value is -1.10. The van der Waals surface area contributed by atoms with Crippen LogP contribution in [0, 0.1) is 0 Å². The smallest absolute Gasteiger partial charge is 0.325 e. The Morgan fingerprint density at radius 3 is 3.00 bits per heavy atom. The van der Waals surface area contributed by atoms with Gasteiger partial charge in [-0.1, -0.05) is 0 Å². The third kappa shape index (κ3) is 1.73. The first-order chi connectivity index (χ1) is 5.65. The highest BCUT2D eigenvalue weighted by molar-refractivity contribution is 6.17. The summed E-state index contributed by atoms with van der Waals surface area (Å²) in [4.78, 5) is 3.58. The molecule has 0 unspecified atom stereocenters. The molecule has 1 aromatic heterocycles. The van der Waals surface area contributed by atoms with Gasteiger partial charge in [-0.05, 0) is 17.5 Å². The Labute approximate surface area is 74.2 Å². The van der Waals surface area contributed by atoms with E-state index in [1.165, 1.54) is 11.6 Å². The van der Waals surface area contributed by atoms with Gasteiger partial charge in [-0.2, -0.15) is 0 Å². The highest BCUT2D eigenvalue weighted by Crippen LogP contribution is 2.15. The zero-order chi connectivity index (χ0) is 9.14. The Kier molecular flexibility index (Phi) is 2.65. The van der Waals surface area contributed by atoms with E-state index in [9.17, 15) is 5.11 Å². The number of aliphatic imine (C=N–C) groups is 1. The van der Waals surface area contributed by atoms with E-state index in [1.807, 2.05) is 0 Å². The van der Waals surface area contributed by atoms with Crippen LogP contribution in [0.15, 0.2) is 9.52 Å². The fourth-order valence-electron chi connectivity index (χ4n) is 0.712. The first kappa shape index (κ1) is 8.99. The third-order valence-corrected chi connectivity index (χ3v) is 1.53. The average molecular weight is 190 g/mol. The second-order valence-corrected chi connectivity index (χ2v) is 2.48. The monoisotopic (exact) mass is 189 g/mol. The first-order valence-electron chi connectivity index (χ1n) is 3.28. The quantitative estimate of drug-likeness (QED) is 0.276. The minimum absolute atomic E-state index is 0.181. The molecule has 0 aliphatic heterocycles. The van der Waals surface area contributed by atoms with E-state index in [0.717, 1.165) is 0 Å². The van der Waals surface area contributed by atoms with Crippen LogP contribution in [-0.4, -0.2) is 11.2 Å². The highest BCUT2D eigenvalue weighted by Gasteiger charge is 2.18. The molecule has 0 spiro atoms. The molecule has 0 amide bonds. The molecule has 1 rings (SSSR count). The van der Waals surface area contributed by atoms with Crippen LogP contribution in [0.1, 0.15) is 12.6 Å². The molecule has 1 heterocycles. The summed E-state index contributed by atoms with van der Waals surface area (Å²) >= 11 is 5.57. The molecular formula is C6H8ClN3O2. The molecule has 5 nitrogen and oxygen atoms in total. The lowest BCUT2D eigenvalue weighted by Gasteiger charge is -1.97. The third-order valence-electron chi connectivity index (χ3n) is 1.27. The van der Waals surface area contributed by atoms with Crippen LogP contribution in [0.4, 0.5) is 5.88 Å². The fraction of sp³-hybridized carbons (Fsp3) is 0.500. The van der Waals surface area contributed by atoms with Crippen molar-refractivity contribution in [2.45, 2.75) is 12.8 Å². The van der Waals surface area contributed by atoms with E-state index in [4.69, 9.17) is 16.1 Å². The second kappa shape index (κ2) is 3.53. The molecule has 0 saturated heterocycles. The predicted octanol–water partition coefficient (Wildman–Crippen LogP) is -0.352. The molecular weight excluding hydrogens is 182 g/mol. The van der Waals surface area contributed by atoms with E-state index in [0.29, 0.717) is 5.69 Å². The van der Waals surface area contributed by atoms with Gasteiger partial charge in [0.1, 0.15) is 5.88 Å². The van der Waals surface area contributed by atoms with E-state index in [2.05, 4.69) is 10.3 Å². The molecule has 0 aromatic carbocycles. The molecule has 0 atom stereocenters. The molecule has 1 aromatic rings. The Bertz CT molecular complexity index is 304. The number of hydrogen-bond donors (Lipinski definition) is 0. The standard InChI is InChI=1S/C6H8ClN3O2/c1-4(11)8-6-5(3-7)10(2)9-12-6/h3H2,1-2H3. The topological polar surface area (TPSA) is 65.3 Å². The van der Waals surface area contributed by atoms with Gasteiger partial charge in [0.05, 0.1) is 0 Å². The van der Waals surface area contributed by atoms with Crippen molar-refractivity contribution in [1.29, 1.82) is 0 Å². The van der Waals surface area contributed by atoms with Crippen molar-refractivity contribution in [3.05, 3.63) is 5.69 Å². The van der Waals surface area contributed by atoms with Gasteiger partial charge in [-0.3, -0.25) is 4.52 Å². The van der Waals surface area contributed by atoms with Crippen LogP contribution in [0.2, 0.25) is 0 Å². The van der Waals surface area contributed by atoms with Crippen molar-refractivity contribution in [2.75, 3.05) is 0 Å². The van der Waals surface area contributed by atoms with Crippen LogP contribution >= 0.6 is 11.6 Å². The molecule has 0 N–H and O–H groups in total. The summed E-state index contributed by atoms with van der Waals surface area (Å²) in [6, 6.07) is 0. The van der Waals surface area contributed by atoms with Gasteiger partial charge in [0, 0.05) is 0 Å². The minimum Gasteiger partial charge on any atom is -0.862 e. The molecule has 6 heteroatoms. The molecule has 66 valence electrons. The lowest BCUT2D eigenvalue weighted by molar-refractivity contribution is -0.745. The van der Waals surface area contributed by atoms with Gasteiger partial charge >= 0.3 is 5.88 Å². The van der Waals surface area contributed by atoms with Crippen LogP contribution in [0.3, 0.4) is 0 Å². The number of aryl methyl sites for hydroxylation is 1. The maximum atomic E-state index is 10.6. The molecule has 12 heavy (non-hydrogen) atoms. The summed E-state index contributed by atoms with van der Waals surface area (Å²) in [5, 5.41) is 14.1. The van der Waals surface area contributed by atoms with Crippen LogP contribution in [0.5, 0.6) is 0 Å². The summed E-state index contributed by atoms with van der Waals surface area (Å²) in [5.41, 5.74) is 0.590.